The van der Waals surface area contributed by atoms with Crippen molar-refractivity contribution in [1.29, 1.82) is 0 Å². The summed E-state index contributed by atoms with van der Waals surface area (Å²) in [7, 11) is 0. The van der Waals surface area contributed by atoms with Crippen molar-refractivity contribution in [2.24, 2.45) is 11.5 Å². The van der Waals surface area contributed by atoms with E-state index >= 15 is 0 Å². The number of carbonyl (C=O) groups excluding carboxylic acids is 2. The summed E-state index contributed by atoms with van der Waals surface area (Å²) in [5.41, 5.74) is 10.5. The van der Waals surface area contributed by atoms with E-state index in [-0.39, 0.29) is 25.8 Å². The van der Waals surface area contributed by atoms with E-state index in [4.69, 9.17) is 16.6 Å². The molecule has 1 fully saturated rings. The number of nitrogens with zero attached hydrogens (tertiary/aromatic N) is 1. The summed E-state index contributed by atoms with van der Waals surface area (Å²) in [5, 5.41) is 8.85. The molecule has 2 amide bonds. The number of primary amides is 1. The highest BCUT2D eigenvalue weighted by molar-refractivity contribution is 5.88. The maximum atomic E-state index is 13.3. The quantitative estimate of drug-likeness (QED) is 0.561. The summed E-state index contributed by atoms with van der Waals surface area (Å²) in [6, 6.07) is -2.53. The minimum absolute atomic E-state index is 0.0151. The predicted octanol–water partition coefficient (Wildman–Crippen LogP) is -1.40. The van der Waals surface area contributed by atoms with Crippen LogP contribution in [0.15, 0.2) is 0 Å². The normalized spacial score (nSPS) is 24.9. The second kappa shape index (κ2) is 5.76. The van der Waals surface area contributed by atoms with E-state index in [1.165, 1.54) is 0 Å². The fraction of sp³-hybridized carbons (Fsp3) is 0.700. The van der Waals surface area contributed by atoms with Crippen LogP contribution in [0.3, 0.4) is 0 Å². The average molecular weight is 261 g/mol. The van der Waals surface area contributed by atoms with Gasteiger partial charge in [-0.3, -0.25) is 9.59 Å². The van der Waals surface area contributed by atoms with Crippen molar-refractivity contribution >= 4 is 17.8 Å². The van der Waals surface area contributed by atoms with E-state index in [1.54, 1.807) is 0 Å². The Morgan fingerprint density at radius 2 is 2.06 bits per heavy atom. The van der Waals surface area contributed by atoms with Crippen LogP contribution in [0.4, 0.5) is 4.39 Å². The first kappa shape index (κ1) is 14.4. The van der Waals surface area contributed by atoms with Gasteiger partial charge in [0.05, 0.1) is 6.04 Å². The SMILES string of the molecule is NC(=O)CC[C@H](N)C(=O)N1CC[C@@H](F)[C@@H]1C(=O)O. The Kier molecular flexibility index (Phi) is 4.60. The molecule has 0 bridgehead atoms. The van der Waals surface area contributed by atoms with Crippen LogP contribution in [0.25, 0.3) is 0 Å². The van der Waals surface area contributed by atoms with Gasteiger partial charge < -0.3 is 21.5 Å². The molecule has 0 saturated carbocycles. The first-order chi connectivity index (χ1) is 8.34. The Morgan fingerprint density at radius 1 is 1.44 bits per heavy atom. The summed E-state index contributed by atoms with van der Waals surface area (Å²) in [6.45, 7) is 0.0151. The predicted molar refractivity (Wildman–Crippen MR) is 59.1 cm³/mol. The topological polar surface area (TPSA) is 127 Å². The molecule has 18 heavy (non-hydrogen) atoms. The molecule has 1 aliphatic rings. The lowest BCUT2D eigenvalue weighted by Crippen LogP contribution is -2.50. The molecule has 0 spiro atoms. The fourth-order valence-corrected chi connectivity index (χ4v) is 1.92. The molecule has 3 atom stereocenters. The van der Waals surface area contributed by atoms with Gasteiger partial charge in [0, 0.05) is 13.0 Å². The molecule has 1 aliphatic heterocycles. The molecule has 1 rings (SSSR count). The van der Waals surface area contributed by atoms with E-state index in [9.17, 15) is 18.8 Å². The van der Waals surface area contributed by atoms with Gasteiger partial charge in [0.2, 0.25) is 11.8 Å². The third-order valence-electron chi connectivity index (χ3n) is 2.88. The molecule has 0 aromatic rings. The minimum atomic E-state index is -1.59. The van der Waals surface area contributed by atoms with Crippen molar-refractivity contribution in [2.45, 2.75) is 37.5 Å². The second-order valence-corrected chi connectivity index (χ2v) is 4.23. The van der Waals surface area contributed by atoms with E-state index in [0.29, 0.717) is 0 Å². The Morgan fingerprint density at radius 3 is 2.56 bits per heavy atom. The fourth-order valence-electron chi connectivity index (χ4n) is 1.92. The smallest absolute Gasteiger partial charge is 0.329 e. The van der Waals surface area contributed by atoms with Crippen LogP contribution in [0.2, 0.25) is 0 Å². The number of carboxylic acid groups (broad SMARTS) is 1. The van der Waals surface area contributed by atoms with E-state index in [0.717, 1.165) is 4.90 Å². The number of likely N-dealkylation sites (tertiary alicyclic amines) is 1. The first-order valence-corrected chi connectivity index (χ1v) is 5.55. The molecule has 0 aromatic carbocycles. The lowest BCUT2D eigenvalue weighted by Gasteiger charge is -2.25. The molecule has 7 nitrogen and oxygen atoms in total. The summed E-state index contributed by atoms with van der Waals surface area (Å²) < 4.78 is 13.3. The Bertz CT molecular complexity index is 363. The van der Waals surface area contributed by atoms with Crippen molar-refractivity contribution in [3.63, 3.8) is 0 Å². The number of halogens is 1. The molecule has 102 valence electrons. The van der Waals surface area contributed by atoms with Crippen molar-refractivity contribution < 1.29 is 23.9 Å². The highest BCUT2D eigenvalue weighted by Gasteiger charge is 2.43. The van der Waals surface area contributed by atoms with Crippen LogP contribution in [-0.4, -0.2) is 52.6 Å². The number of alkyl halides is 1. The number of nitrogens with two attached hydrogens (primary N) is 2. The van der Waals surface area contributed by atoms with Gasteiger partial charge in [-0.05, 0) is 12.8 Å². The number of hydrogen-bond acceptors (Lipinski definition) is 4. The Labute approximate surface area is 103 Å². The summed E-state index contributed by atoms with van der Waals surface area (Å²) in [4.78, 5) is 34.2. The standard InChI is InChI=1S/C10H16FN3O4/c11-5-3-4-14(8(5)10(17)18)9(16)6(12)1-2-7(13)15/h5-6,8H,1-4,12H2,(H2,13,15)(H,17,18)/t5-,6+,8-/m1/s1. The zero-order valence-electron chi connectivity index (χ0n) is 9.71. The number of carboxylic acids is 1. The zero-order valence-corrected chi connectivity index (χ0v) is 9.71. The van der Waals surface area contributed by atoms with Gasteiger partial charge in [0.25, 0.3) is 0 Å². The number of hydrogen-bond donors (Lipinski definition) is 3. The molecular formula is C10H16FN3O4. The van der Waals surface area contributed by atoms with Crippen molar-refractivity contribution in [3.05, 3.63) is 0 Å². The molecule has 5 N–H and O–H groups in total. The van der Waals surface area contributed by atoms with Crippen molar-refractivity contribution in [1.82, 2.24) is 4.90 Å². The molecule has 8 heteroatoms. The number of amides is 2. The average Bonchev–Trinajstić information content (AvgIpc) is 2.66. The van der Waals surface area contributed by atoms with Gasteiger partial charge in [-0.15, -0.1) is 0 Å². The van der Waals surface area contributed by atoms with Crippen LogP contribution in [-0.2, 0) is 14.4 Å². The van der Waals surface area contributed by atoms with Crippen LogP contribution < -0.4 is 11.5 Å². The van der Waals surface area contributed by atoms with Gasteiger partial charge in [0.15, 0.2) is 6.04 Å². The number of rotatable bonds is 5. The van der Waals surface area contributed by atoms with Gasteiger partial charge in [-0.25, -0.2) is 9.18 Å². The largest absolute Gasteiger partial charge is 0.480 e. The monoisotopic (exact) mass is 261 g/mol. The third-order valence-corrected chi connectivity index (χ3v) is 2.88. The third kappa shape index (κ3) is 3.16. The molecular weight excluding hydrogens is 245 g/mol. The zero-order chi connectivity index (χ0) is 13.9. The lowest BCUT2D eigenvalue weighted by molar-refractivity contribution is -0.150. The molecule has 1 saturated heterocycles. The van der Waals surface area contributed by atoms with Crippen molar-refractivity contribution in [3.8, 4) is 0 Å². The molecule has 1 heterocycles. The van der Waals surface area contributed by atoms with Crippen LogP contribution in [0.1, 0.15) is 19.3 Å². The highest BCUT2D eigenvalue weighted by Crippen LogP contribution is 2.22. The summed E-state index contributed by atoms with van der Waals surface area (Å²) in [5.74, 6) is -2.66. The van der Waals surface area contributed by atoms with Crippen LogP contribution in [0.5, 0.6) is 0 Å². The van der Waals surface area contributed by atoms with E-state index < -0.39 is 36.0 Å². The molecule has 0 aromatic heterocycles. The Hall–Kier alpha value is -1.70. The Balaban J connectivity index is 2.65. The number of aliphatic carboxylic acids is 1. The van der Waals surface area contributed by atoms with Gasteiger partial charge in [0.1, 0.15) is 6.17 Å². The van der Waals surface area contributed by atoms with Gasteiger partial charge >= 0.3 is 5.97 Å². The first-order valence-electron chi connectivity index (χ1n) is 5.55. The highest BCUT2D eigenvalue weighted by atomic mass is 19.1. The lowest BCUT2D eigenvalue weighted by atomic mass is 10.1. The summed E-state index contributed by atoms with van der Waals surface area (Å²) >= 11 is 0. The van der Waals surface area contributed by atoms with Gasteiger partial charge in [-0.2, -0.15) is 0 Å². The van der Waals surface area contributed by atoms with E-state index in [1.807, 2.05) is 0 Å². The second-order valence-electron chi connectivity index (χ2n) is 4.23. The molecule has 0 radical (unpaired) electrons. The van der Waals surface area contributed by atoms with Crippen molar-refractivity contribution in [2.75, 3.05) is 6.54 Å². The maximum Gasteiger partial charge on any atom is 0.329 e. The maximum absolute atomic E-state index is 13.3. The van der Waals surface area contributed by atoms with Crippen LogP contribution in [0, 0.1) is 0 Å². The molecule has 0 aliphatic carbocycles. The minimum Gasteiger partial charge on any atom is -0.480 e. The number of carbonyl (C=O) groups is 3. The van der Waals surface area contributed by atoms with E-state index in [2.05, 4.69) is 0 Å². The summed E-state index contributed by atoms with van der Waals surface area (Å²) in [6.07, 6.45) is -1.66. The van der Waals surface area contributed by atoms with Crippen LogP contribution >= 0.6 is 0 Å². The molecule has 0 unspecified atom stereocenters. The van der Waals surface area contributed by atoms with Gasteiger partial charge in [-0.1, -0.05) is 0 Å².